The van der Waals surface area contributed by atoms with Gasteiger partial charge in [-0.15, -0.1) is 0 Å². The summed E-state index contributed by atoms with van der Waals surface area (Å²) in [5, 5.41) is 3.62. The number of rotatable bonds is 15. The zero-order valence-electron chi connectivity index (χ0n) is 26.2. The number of unbranched alkanes of at least 4 members (excludes halogenated alkanes) is 3. The Hall–Kier alpha value is -5.12. The van der Waals surface area contributed by atoms with Crippen molar-refractivity contribution in [2.24, 2.45) is 5.92 Å². The van der Waals surface area contributed by atoms with E-state index in [0.717, 1.165) is 36.8 Å². The molecule has 1 N–H and O–H groups in total. The highest BCUT2D eigenvalue weighted by Gasteiger charge is 2.37. The molecule has 2 heterocycles. The number of pyridine rings is 1. The first-order valence-electron chi connectivity index (χ1n) is 15.7. The summed E-state index contributed by atoms with van der Waals surface area (Å²) < 4.78 is 22.8. The van der Waals surface area contributed by atoms with Gasteiger partial charge in [0.25, 0.3) is 0 Å². The van der Waals surface area contributed by atoms with Crippen LogP contribution in [0.4, 0.5) is 11.4 Å². The zero-order valence-corrected chi connectivity index (χ0v) is 26.2. The van der Waals surface area contributed by atoms with Crippen LogP contribution in [-0.2, 0) is 19.1 Å². The highest BCUT2D eigenvalue weighted by Crippen LogP contribution is 2.37. The Bertz CT molecular complexity index is 1640. The van der Waals surface area contributed by atoms with Crippen LogP contribution in [0.5, 0.6) is 23.0 Å². The van der Waals surface area contributed by atoms with Crippen molar-refractivity contribution < 1.29 is 33.3 Å². The number of hydrogen-bond donors (Lipinski definition) is 1. The van der Waals surface area contributed by atoms with E-state index in [1.807, 2.05) is 49.4 Å². The number of amides is 2. The van der Waals surface area contributed by atoms with E-state index in [0.29, 0.717) is 66.8 Å². The van der Waals surface area contributed by atoms with Crippen LogP contribution in [0.15, 0.2) is 79.0 Å². The van der Waals surface area contributed by atoms with Crippen molar-refractivity contribution >= 4 is 40.1 Å². The van der Waals surface area contributed by atoms with E-state index in [9.17, 15) is 14.4 Å². The Balaban J connectivity index is 1.16. The van der Waals surface area contributed by atoms with E-state index in [4.69, 9.17) is 18.9 Å². The standard InChI is InChI=1S/C36H39N3O7/c1-3-44-34(40)13-9-4-5-10-22-45-33-24-30-29(23-32(33)43-2)31(18-20-37-30)46-27-16-14-25(15-17-27)38-35(41)28-19-21-39(36(28)42)26-11-7-6-8-12-26/h6-8,11-12,14-18,20,23-24,28H,3-5,9-10,13,19,21-22H2,1-2H3,(H,38,41). The van der Waals surface area contributed by atoms with Crippen LogP contribution in [-0.4, -0.2) is 49.6 Å². The third kappa shape index (κ3) is 8.12. The van der Waals surface area contributed by atoms with Crippen LogP contribution < -0.4 is 24.4 Å². The van der Waals surface area contributed by atoms with Gasteiger partial charge >= 0.3 is 5.97 Å². The molecule has 0 radical (unpaired) electrons. The predicted molar refractivity (Wildman–Crippen MR) is 176 cm³/mol. The first kappa shape index (κ1) is 32.3. The third-order valence-electron chi connectivity index (χ3n) is 7.76. The minimum absolute atomic E-state index is 0.148. The number of carbonyl (C=O) groups is 3. The molecule has 1 fully saturated rings. The molecule has 4 aromatic rings. The van der Waals surface area contributed by atoms with Gasteiger partial charge in [0.2, 0.25) is 11.8 Å². The predicted octanol–water partition coefficient (Wildman–Crippen LogP) is 6.92. The lowest BCUT2D eigenvalue weighted by atomic mass is 10.1. The maximum Gasteiger partial charge on any atom is 0.305 e. The summed E-state index contributed by atoms with van der Waals surface area (Å²) in [6.07, 6.45) is 6.10. The minimum Gasteiger partial charge on any atom is -0.493 e. The molecule has 10 heteroatoms. The Morgan fingerprint density at radius 3 is 2.48 bits per heavy atom. The number of fused-ring (bicyclic) bond motifs is 1. The molecule has 0 saturated carbocycles. The van der Waals surface area contributed by atoms with Crippen molar-refractivity contribution in [1.82, 2.24) is 4.98 Å². The molecule has 3 aromatic carbocycles. The second-order valence-electron chi connectivity index (χ2n) is 10.9. The number of hydrogen-bond acceptors (Lipinski definition) is 8. The molecule has 0 bridgehead atoms. The lowest BCUT2D eigenvalue weighted by molar-refractivity contribution is -0.143. The van der Waals surface area contributed by atoms with E-state index in [-0.39, 0.29) is 17.8 Å². The SMILES string of the molecule is CCOC(=O)CCCCCCOc1cc2nccc(Oc3ccc(NC(=O)C4CCN(c5ccccc5)C4=O)cc3)c2cc1OC. The summed E-state index contributed by atoms with van der Waals surface area (Å²) in [7, 11) is 1.59. The third-order valence-corrected chi connectivity index (χ3v) is 7.76. The molecule has 240 valence electrons. The van der Waals surface area contributed by atoms with Crippen molar-refractivity contribution in [2.45, 2.75) is 45.4 Å². The number of nitrogens with zero attached hydrogens (tertiary/aromatic N) is 2. The fraction of sp³-hybridized carbons (Fsp3) is 0.333. The molecule has 46 heavy (non-hydrogen) atoms. The summed E-state index contributed by atoms with van der Waals surface area (Å²) in [5.41, 5.74) is 2.06. The van der Waals surface area contributed by atoms with Gasteiger partial charge in [-0.2, -0.15) is 0 Å². The van der Waals surface area contributed by atoms with Crippen LogP contribution in [0.1, 0.15) is 45.4 Å². The first-order chi connectivity index (χ1) is 22.5. The normalized spacial score (nSPS) is 14.3. The lowest BCUT2D eigenvalue weighted by Crippen LogP contribution is -2.33. The number of ether oxygens (including phenoxy) is 4. The van der Waals surface area contributed by atoms with Crippen LogP contribution in [0.25, 0.3) is 10.9 Å². The van der Waals surface area contributed by atoms with Gasteiger partial charge in [-0.05, 0) is 74.7 Å². The van der Waals surface area contributed by atoms with Gasteiger partial charge < -0.3 is 29.2 Å². The lowest BCUT2D eigenvalue weighted by Gasteiger charge is -2.16. The Morgan fingerprint density at radius 1 is 0.935 bits per heavy atom. The largest absolute Gasteiger partial charge is 0.493 e. The number of methoxy groups -OCH3 is 1. The number of aromatic nitrogens is 1. The van der Waals surface area contributed by atoms with Gasteiger partial charge in [0.1, 0.15) is 17.4 Å². The summed E-state index contributed by atoms with van der Waals surface area (Å²) in [6, 6.07) is 21.8. The van der Waals surface area contributed by atoms with E-state index in [1.165, 1.54) is 0 Å². The van der Waals surface area contributed by atoms with Crippen LogP contribution in [0.3, 0.4) is 0 Å². The molecular weight excluding hydrogens is 586 g/mol. The monoisotopic (exact) mass is 625 g/mol. The van der Waals surface area contributed by atoms with Gasteiger partial charge in [0, 0.05) is 42.0 Å². The second kappa shape index (κ2) is 15.7. The fourth-order valence-corrected chi connectivity index (χ4v) is 5.38. The Labute approximate surface area is 268 Å². The summed E-state index contributed by atoms with van der Waals surface area (Å²) in [5.74, 6) is 0.926. The summed E-state index contributed by atoms with van der Waals surface area (Å²) in [4.78, 5) is 43.5. The first-order valence-corrected chi connectivity index (χ1v) is 15.7. The number of benzene rings is 3. The van der Waals surface area contributed by atoms with Crippen LogP contribution >= 0.6 is 0 Å². The fourth-order valence-electron chi connectivity index (χ4n) is 5.38. The molecule has 10 nitrogen and oxygen atoms in total. The average Bonchev–Trinajstić information content (AvgIpc) is 3.46. The Kier molecular flexibility index (Phi) is 11.0. The van der Waals surface area contributed by atoms with Crippen LogP contribution in [0, 0.1) is 5.92 Å². The molecule has 0 spiro atoms. The quantitative estimate of drug-likeness (QED) is 0.0860. The van der Waals surface area contributed by atoms with Crippen molar-refractivity contribution in [3.63, 3.8) is 0 Å². The molecular formula is C36H39N3O7. The van der Waals surface area contributed by atoms with Crippen molar-refractivity contribution in [1.29, 1.82) is 0 Å². The smallest absolute Gasteiger partial charge is 0.305 e. The van der Waals surface area contributed by atoms with Crippen molar-refractivity contribution in [3.8, 4) is 23.0 Å². The Morgan fingerprint density at radius 2 is 1.72 bits per heavy atom. The molecule has 1 aromatic heterocycles. The minimum atomic E-state index is -0.731. The molecule has 1 saturated heterocycles. The van der Waals surface area contributed by atoms with Gasteiger partial charge in [0.05, 0.1) is 25.8 Å². The average molecular weight is 626 g/mol. The van der Waals surface area contributed by atoms with E-state index in [1.54, 1.807) is 48.5 Å². The number of anilines is 2. The summed E-state index contributed by atoms with van der Waals surface area (Å²) >= 11 is 0. The van der Waals surface area contributed by atoms with Gasteiger partial charge in [0.15, 0.2) is 11.5 Å². The van der Waals surface area contributed by atoms with Crippen molar-refractivity contribution in [3.05, 3.63) is 79.0 Å². The molecule has 1 atom stereocenters. The molecule has 1 aliphatic heterocycles. The van der Waals surface area contributed by atoms with Crippen LogP contribution in [0.2, 0.25) is 0 Å². The number of esters is 1. The molecule has 5 rings (SSSR count). The van der Waals surface area contributed by atoms with Crippen molar-refractivity contribution in [2.75, 3.05) is 37.1 Å². The number of para-hydroxylation sites is 1. The van der Waals surface area contributed by atoms with E-state index >= 15 is 0 Å². The summed E-state index contributed by atoms with van der Waals surface area (Å²) in [6.45, 7) is 3.24. The molecule has 1 aliphatic rings. The van der Waals surface area contributed by atoms with Gasteiger partial charge in [-0.3, -0.25) is 19.4 Å². The van der Waals surface area contributed by atoms with Gasteiger partial charge in [-0.25, -0.2) is 0 Å². The number of nitrogens with one attached hydrogen (secondary N) is 1. The zero-order chi connectivity index (χ0) is 32.3. The van der Waals surface area contributed by atoms with Gasteiger partial charge in [-0.1, -0.05) is 31.0 Å². The molecule has 0 aliphatic carbocycles. The second-order valence-corrected chi connectivity index (χ2v) is 10.9. The maximum atomic E-state index is 12.9. The van der Waals surface area contributed by atoms with E-state index in [2.05, 4.69) is 10.3 Å². The molecule has 1 unspecified atom stereocenters. The maximum absolute atomic E-state index is 12.9. The number of carbonyl (C=O) groups excluding carboxylic acids is 3. The molecule has 2 amide bonds. The highest BCUT2D eigenvalue weighted by atomic mass is 16.5. The topological polar surface area (TPSA) is 116 Å². The van der Waals surface area contributed by atoms with E-state index < -0.39 is 5.92 Å². The highest BCUT2D eigenvalue weighted by molar-refractivity contribution is 6.13.